The van der Waals surface area contributed by atoms with Gasteiger partial charge in [0.2, 0.25) is 0 Å². The first-order valence-electron chi connectivity index (χ1n) is 8.04. The fourth-order valence-electron chi connectivity index (χ4n) is 1.91. The van der Waals surface area contributed by atoms with E-state index in [0.29, 0.717) is 45.9 Å². The molecule has 0 heterocycles. The first-order chi connectivity index (χ1) is 10.2. The molecule has 0 amide bonds. The normalized spacial score (nSPS) is 14.7. The van der Waals surface area contributed by atoms with Gasteiger partial charge in [0.15, 0.2) is 0 Å². The van der Waals surface area contributed by atoms with Crippen LogP contribution in [0.3, 0.4) is 0 Å². The quantitative estimate of drug-likeness (QED) is 0.610. The zero-order valence-electron chi connectivity index (χ0n) is 14.1. The van der Waals surface area contributed by atoms with E-state index in [9.17, 15) is 4.79 Å². The number of methoxy groups -OCH3 is 1. The molecule has 0 aliphatic heterocycles. The van der Waals surface area contributed by atoms with Crippen LogP contribution in [-0.2, 0) is 37.6 Å². The largest absolute Gasteiger partial charge is 0.393 e. The number of aliphatic hydroxyl groups excluding tert-OH is 1. The van der Waals surface area contributed by atoms with Crippen LogP contribution in [0, 0.1) is 0 Å². The summed E-state index contributed by atoms with van der Waals surface area (Å²) < 4.78 is 15.2. The first kappa shape index (κ1) is 24.3. The molecular formula is C16H32O5V. The van der Waals surface area contributed by atoms with Crippen molar-refractivity contribution in [2.75, 3.05) is 40.1 Å². The Balaban J connectivity index is 0. The summed E-state index contributed by atoms with van der Waals surface area (Å²) in [5.41, 5.74) is 0. The third-order valence-electron chi connectivity index (χ3n) is 3.30. The summed E-state index contributed by atoms with van der Waals surface area (Å²) in [5.74, 6) is 0.241. The van der Waals surface area contributed by atoms with E-state index >= 15 is 0 Å². The van der Waals surface area contributed by atoms with Crippen molar-refractivity contribution in [2.24, 2.45) is 0 Å². The van der Waals surface area contributed by atoms with Gasteiger partial charge >= 0.3 is 0 Å². The number of hydrogen-bond donors (Lipinski definition) is 1. The van der Waals surface area contributed by atoms with E-state index in [2.05, 4.69) is 0 Å². The van der Waals surface area contributed by atoms with Crippen LogP contribution in [0.1, 0.15) is 51.9 Å². The van der Waals surface area contributed by atoms with Crippen LogP contribution in [-0.4, -0.2) is 57.1 Å². The van der Waals surface area contributed by atoms with Gasteiger partial charge in [-0.25, -0.2) is 0 Å². The Hall–Kier alpha value is 0.0944. The summed E-state index contributed by atoms with van der Waals surface area (Å²) in [7, 11) is 1.64. The molecule has 5 nitrogen and oxygen atoms in total. The molecule has 1 radical (unpaired) electrons. The van der Waals surface area contributed by atoms with E-state index in [1.165, 1.54) is 19.3 Å². The van der Waals surface area contributed by atoms with Crippen LogP contribution in [0.5, 0.6) is 0 Å². The predicted octanol–water partition coefficient (Wildman–Crippen LogP) is 2.34. The van der Waals surface area contributed by atoms with Crippen LogP contribution in [0.25, 0.3) is 0 Å². The van der Waals surface area contributed by atoms with E-state index in [-0.39, 0.29) is 30.4 Å². The fourth-order valence-corrected chi connectivity index (χ4v) is 1.91. The van der Waals surface area contributed by atoms with E-state index in [1.54, 1.807) is 7.11 Å². The number of ether oxygens (including phenoxy) is 3. The Labute approximate surface area is 147 Å². The summed E-state index contributed by atoms with van der Waals surface area (Å²) in [4.78, 5) is 10.9. The monoisotopic (exact) mass is 355 g/mol. The molecule has 1 N–H and O–H groups in total. The van der Waals surface area contributed by atoms with Crippen molar-refractivity contribution < 1.29 is 42.7 Å². The van der Waals surface area contributed by atoms with Gasteiger partial charge in [-0.2, -0.15) is 0 Å². The van der Waals surface area contributed by atoms with E-state index in [1.807, 2.05) is 6.92 Å². The minimum Gasteiger partial charge on any atom is -0.393 e. The molecule has 1 aliphatic rings. The minimum atomic E-state index is 0. The first-order valence-corrected chi connectivity index (χ1v) is 8.04. The van der Waals surface area contributed by atoms with Crippen LogP contribution < -0.4 is 0 Å². The summed E-state index contributed by atoms with van der Waals surface area (Å²) in [6, 6.07) is 0. The van der Waals surface area contributed by atoms with Crippen molar-refractivity contribution in [3.8, 4) is 0 Å². The maximum Gasteiger partial charge on any atom is 0.134 e. The van der Waals surface area contributed by atoms with Crippen molar-refractivity contribution in [3.63, 3.8) is 0 Å². The zero-order chi connectivity index (χ0) is 15.8. The second-order valence-electron chi connectivity index (χ2n) is 5.15. The SMILES string of the molecule is CCC(=O)CCOCCOCCOC.OC1CCCCC1.[V]. The number of carbonyl (C=O) groups is 1. The average Bonchev–Trinajstić information content (AvgIpc) is 2.51. The molecule has 0 saturated heterocycles. The second kappa shape index (κ2) is 19.1. The molecule has 6 heteroatoms. The molecule has 22 heavy (non-hydrogen) atoms. The van der Waals surface area contributed by atoms with Gasteiger partial charge in [-0.05, 0) is 12.8 Å². The topological polar surface area (TPSA) is 65.0 Å². The Morgan fingerprint density at radius 3 is 2.00 bits per heavy atom. The molecule has 1 fully saturated rings. The maximum atomic E-state index is 10.9. The van der Waals surface area contributed by atoms with Crippen molar-refractivity contribution >= 4 is 5.78 Å². The van der Waals surface area contributed by atoms with E-state index < -0.39 is 0 Å². The maximum absolute atomic E-state index is 10.9. The summed E-state index contributed by atoms with van der Waals surface area (Å²) >= 11 is 0. The van der Waals surface area contributed by atoms with Gasteiger partial charge in [0.1, 0.15) is 5.78 Å². The van der Waals surface area contributed by atoms with Gasteiger partial charge in [-0.1, -0.05) is 26.2 Å². The van der Waals surface area contributed by atoms with Crippen LogP contribution in [0.2, 0.25) is 0 Å². The third kappa shape index (κ3) is 18.1. The van der Waals surface area contributed by atoms with E-state index in [0.717, 1.165) is 12.8 Å². The number of hydrogen-bond acceptors (Lipinski definition) is 5. The smallest absolute Gasteiger partial charge is 0.134 e. The number of rotatable bonds is 10. The number of ketones is 1. The Kier molecular flexibility index (Phi) is 21.2. The molecule has 0 aromatic rings. The van der Waals surface area contributed by atoms with Crippen LogP contribution in [0.4, 0.5) is 0 Å². The van der Waals surface area contributed by atoms with Gasteiger partial charge in [-0.3, -0.25) is 4.79 Å². The van der Waals surface area contributed by atoms with Crippen molar-refractivity contribution in [1.29, 1.82) is 0 Å². The van der Waals surface area contributed by atoms with Gasteiger partial charge in [0.25, 0.3) is 0 Å². The van der Waals surface area contributed by atoms with Crippen LogP contribution in [0.15, 0.2) is 0 Å². The molecule has 0 bridgehead atoms. The van der Waals surface area contributed by atoms with Crippen molar-refractivity contribution in [1.82, 2.24) is 0 Å². The molecule has 1 saturated carbocycles. The molecule has 0 atom stereocenters. The molecule has 0 spiro atoms. The summed E-state index contributed by atoms with van der Waals surface area (Å²) in [6.07, 6.45) is 7.02. The second-order valence-corrected chi connectivity index (χ2v) is 5.15. The number of carbonyl (C=O) groups excluding carboxylic acids is 1. The Morgan fingerprint density at radius 1 is 1.00 bits per heavy atom. The Bertz CT molecular complexity index is 233. The van der Waals surface area contributed by atoms with Gasteiger partial charge in [-0.15, -0.1) is 0 Å². The van der Waals surface area contributed by atoms with Gasteiger partial charge in [0.05, 0.1) is 39.1 Å². The molecule has 0 aromatic heterocycles. The molecule has 131 valence electrons. The standard InChI is InChI=1S/C10H20O4.C6H12O.V/c1-3-10(11)4-5-13-8-9-14-7-6-12-2;7-6-4-2-1-3-5-6;/h3-9H2,1-2H3;6-7H,1-5H2;. The third-order valence-corrected chi connectivity index (χ3v) is 3.30. The minimum absolute atomic E-state index is 0. The molecule has 1 aliphatic carbocycles. The number of Topliss-reactive ketones (excluding diaryl/α,β-unsaturated/α-hetero) is 1. The van der Waals surface area contributed by atoms with E-state index in [4.69, 9.17) is 19.3 Å². The van der Waals surface area contributed by atoms with Crippen molar-refractivity contribution in [2.45, 2.75) is 58.0 Å². The van der Waals surface area contributed by atoms with Crippen LogP contribution >= 0.6 is 0 Å². The molecular weight excluding hydrogens is 323 g/mol. The molecule has 1 rings (SSSR count). The average molecular weight is 355 g/mol. The molecule has 0 unspecified atom stereocenters. The van der Waals surface area contributed by atoms with Crippen molar-refractivity contribution in [3.05, 3.63) is 0 Å². The molecule has 0 aromatic carbocycles. The van der Waals surface area contributed by atoms with Gasteiger partial charge in [0, 0.05) is 38.5 Å². The Morgan fingerprint density at radius 2 is 1.55 bits per heavy atom. The summed E-state index contributed by atoms with van der Waals surface area (Å²) in [5, 5.41) is 8.91. The van der Waals surface area contributed by atoms with Gasteiger partial charge < -0.3 is 19.3 Å². The zero-order valence-corrected chi connectivity index (χ0v) is 15.5. The fraction of sp³-hybridized carbons (Fsp3) is 0.938. The summed E-state index contributed by atoms with van der Waals surface area (Å²) in [6.45, 7) is 4.66. The predicted molar refractivity (Wildman–Crippen MR) is 82.5 cm³/mol. The number of aliphatic hydroxyl groups is 1.